The Balaban J connectivity index is 0.00000180. The van der Waals surface area contributed by atoms with E-state index in [1.807, 2.05) is 25.7 Å². The first-order chi connectivity index (χ1) is 8.38. The minimum absolute atomic E-state index is 0. The second-order valence-corrected chi connectivity index (χ2v) is 5.73. The minimum Gasteiger partial charge on any atom is -0.480 e. The van der Waals surface area contributed by atoms with Gasteiger partial charge in [-0.1, -0.05) is 25.9 Å². The first-order valence-electron chi connectivity index (χ1n) is 6.18. The molecule has 19 heavy (non-hydrogen) atoms. The second-order valence-electron chi connectivity index (χ2n) is 5.73. The molecule has 1 N–H and O–H groups in total. The van der Waals surface area contributed by atoms with Crippen LogP contribution < -0.4 is 0 Å². The van der Waals surface area contributed by atoms with Crippen LogP contribution in [0.25, 0.3) is 0 Å². The molecule has 6 nitrogen and oxygen atoms in total. The van der Waals surface area contributed by atoms with E-state index in [0.717, 1.165) is 13.0 Å². The molecular weight excluding hydrogens is 270 g/mol. The van der Waals surface area contributed by atoms with Crippen molar-refractivity contribution in [1.82, 2.24) is 15.0 Å². The van der Waals surface area contributed by atoms with Gasteiger partial charge in [-0.15, -0.1) is 12.4 Å². The third kappa shape index (κ3) is 3.67. The fraction of sp³-hybridized carbons (Fsp3) is 0.750. The van der Waals surface area contributed by atoms with Gasteiger partial charge in [0.25, 0.3) is 0 Å². The van der Waals surface area contributed by atoms with Crippen molar-refractivity contribution < 1.29 is 14.4 Å². The van der Waals surface area contributed by atoms with Gasteiger partial charge < -0.3 is 9.63 Å². The van der Waals surface area contributed by atoms with Crippen molar-refractivity contribution in [1.29, 1.82) is 0 Å². The first kappa shape index (κ1) is 15.9. The summed E-state index contributed by atoms with van der Waals surface area (Å²) < 4.78 is 5.20. The number of hydrogen-bond acceptors (Lipinski definition) is 5. The minimum atomic E-state index is -0.771. The lowest BCUT2D eigenvalue weighted by Crippen LogP contribution is -2.35. The van der Waals surface area contributed by atoms with Gasteiger partial charge in [-0.05, 0) is 19.4 Å². The van der Waals surface area contributed by atoms with Crippen LogP contribution in [0.1, 0.15) is 45.3 Å². The van der Waals surface area contributed by atoms with Crippen molar-refractivity contribution in [2.75, 3.05) is 6.54 Å². The summed E-state index contributed by atoms with van der Waals surface area (Å²) >= 11 is 0. The summed E-state index contributed by atoms with van der Waals surface area (Å²) in [5.74, 6) is 0.378. The highest BCUT2D eigenvalue weighted by atomic mass is 35.5. The van der Waals surface area contributed by atoms with Gasteiger partial charge in [-0.3, -0.25) is 9.69 Å². The zero-order valence-corrected chi connectivity index (χ0v) is 12.2. The molecule has 0 bridgehead atoms. The van der Waals surface area contributed by atoms with E-state index in [1.165, 1.54) is 0 Å². The largest absolute Gasteiger partial charge is 0.480 e. The molecule has 0 aromatic carbocycles. The normalized spacial score (nSPS) is 20.3. The van der Waals surface area contributed by atoms with Crippen molar-refractivity contribution in [3.63, 3.8) is 0 Å². The lowest BCUT2D eigenvalue weighted by molar-refractivity contribution is -0.142. The SMILES string of the molecule is CC(C)(C)c1nc(CN2CCC[C@H]2C(=O)O)no1.Cl. The first-order valence-corrected chi connectivity index (χ1v) is 6.18. The van der Waals surface area contributed by atoms with Crippen LogP contribution in [-0.2, 0) is 16.8 Å². The Morgan fingerprint density at radius 1 is 1.53 bits per heavy atom. The zero-order chi connectivity index (χ0) is 13.3. The zero-order valence-electron chi connectivity index (χ0n) is 11.4. The number of aromatic nitrogens is 2. The molecule has 0 saturated carbocycles. The lowest BCUT2D eigenvalue weighted by atomic mass is 9.97. The van der Waals surface area contributed by atoms with Gasteiger partial charge in [0.05, 0.1) is 6.54 Å². The summed E-state index contributed by atoms with van der Waals surface area (Å²) in [4.78, 5) is 17.3. The number of aliphatic carboxylic acids is 1. The van der Waals surface area contributed by atoms with Crippen molar-refractivity contribution >= 4 is 18.4 Å². The van der Waals surface area contributed by atoms with Crippen LogP contribution >= 0.6 is 12.4 Å². The Morgan fingerprint density at radius 3 is 2.74 bits per heavy atom. The molecule has 1 saturated heterocycles. The highest BCUT2D eigenvalue weighted by Crippen LogP contribution is 2.22. The highest BCUT2D eigenvalue weighted by Gasteiger charge is 2.31. The second kappa shape index (κ2) is 5.88. The molecule has 0 unspecified atom stereocenters. The maximum Gasteiger partial charge on any atom is 0.320 e. The Morgan fingerprint density at radius 2 is 2.21 bits per heavy atom. The molecule has 1 atom stereocenters. The van der Waals surface area contributed by atoms with Crippen LogP contribution in [0.2, 0.25) is 0 Å². The van der Waals surface area contributed by atoms with E-state index in [9.17, 15) is 4.79 Å². The highest BCUT2D eigenvalue weighted by molar-refractivity contribution is 5.85. The predicted octanol–water partition coefficient (Wildman–Crippen LogP) is 1.84. The monoisotopic (exact) mass is 289 g/mol. The number of likely N-dealkylation sites (tertiary alicyclic amines) is 1. The summed E-state index contributed by atoms with van der Waals surface area (Å²) in [5, 5.41) is 13.0. The summed E-state index contributed by atoms with van der Waals surface area (Å²) in [6.07, 6.45) is 1.60. The number of halogens is 1. The molecule has 0 spiro atoms. The smallest absolute Gasteiger partial charge is 0.320 e. The molecule has 2 rings (SSSR count). The van der Waals surface area contributed by atoms with Gasteiger partial charge in [0, 0.05) is 5.41 Å². The van der Waals surface area contributed by atoms with E-state index in [1.54, 1.807) is 0 Å². The Bertz CT molecular complexity index is 442. The van der Waals surface area contributed by atoms with Gasteiger partial charge in [0.15, 0.2) is 5.82 Å². The Labute approximate surface area is 118 Å². The Hall–Kier alpha value is -1.14. The number of carboxylic acids is 1. The van der Waals surface area contributed by atoms with E-state index < -0.39 is 12.0 Å². The molecule has 108 valence electrons. The van der Waals surface area contributed by atoms with Gasteiger partial charge in [-0.25, -0.2) is 0 Å². The Kier molecular flexibility index (Phi) is 4.92. The fourth-order valence-corrected chi connectivity index (χ4v) is 2.10. The average Bonchev–Trinajstić information content (AvgIpc) is 2.85. The van der Waals surface area contributed by atoms with E-state index >= 15 is 0 Å². The van der Waals surface area contributed by atoms with Crippen LogP contribution in [0.3, 0.4) is 0 Å². The molecule has 1 aliphatic heterocycles. The summed E-state index contributed by atoms with van der Waals surface area (Å²) in [6, 6.07) is -0.415. The van der Waals surface area contributed by atoms with Crippen LogP contribution in [0, 0.1) is 0 Å². The van der Waals surface area contributed by atoms with Gasteiger partial charge in [0.1, 0.15) is 6.04 Å². The molecule has 2 heterocycles. The number of hydrogen-bond donors (Lipinski definition) is 1. The molecule has 0 amide bonds. The van der Waals surface area contributed by atoms with Gasteiger partial charge in [-0.2, -0.15) is 4.98 Å². The molecule has 1 aromatic heterocycles. The predicted molar refractivity (Wildman–Crippen MR) is 71.3 cm³/mol. The molecule has 0 aliphatic carbocycles. The van der Waals surface area contributed by atoms with Crippen molar-refractivity contribution in [2.45, 2.75) is 51.6 Å². The molecule has 0 radical (unpaired) electrons. The maximum absolute atomic E-state index is 11.1. The summed E-state index contributed by atoms with van der Waals surface area (Å²) in [7, 11) is 0. The third-order valence-corrected chi connectivity index (χ3v) is 3.10. The molecule has 1 fully saturated rings. The number of rotatable bonds is 3. The number of nitrogens with zero attached hydrogens (tertiary/aromatic N) is 3. The van der Waals surface area contributed by atoms with Crippen molar-refractivity contribution in [2.24, 2.45) is 0 Å². The van der Waals surface area contributed by atoms with Crippen molar-refractivity contribution in [3.05, 3.63) is 11.7 Å². The van der Waals surface area contributed by atoms with Crippen LogP contribution in [-0.4, -0.2) is 38.7 Å². The van der Waals surface area contributed by atoms with E-state index in [4.69, 9.17) is 9.63 Å². The fourth-order valence-electron chi connectivity index (χ4n) is 2.10. The summed E-state index contributed by atoms with van der Waals surface area (Å²) in [6.45, 7) is 7.22. The maximum atomic E-state index is 11.1. The topological polar surface area (TPSA) is 79.5 Å². The van der Waals surface area contributed by atoms with Gasteiger partial charge in [0.2, 0.25) is 5.89 Å². The molecular formula is C12H20ClN3O3. The van der Waals surface area contributed by atoms with E-state index in [0.29, 0.717) is 24.7 Å². The van der Waals surface area contributed by atoms with Crippen LogP contribution in [0.15, 0.2) is 4.52 Å². The van der Waals surface area contributed by atoms with Crippen molar-refractivity contribution in [3.8, 4) is 0 Å². The molecule has 1 aliphatic rings. The third-order valence-electron chi connectivity index (χ3n) is 3.10. The molecule has 1 aromatic rings. The van der Waals surface area contributed by atoms with Crippen LogP contribution in [0.5, 0.6) is 0 Å². The van der Waals surface area contributed by atoms with Gasteiger partial charge >= 0.3 is 5.97 Å². The quantitative estimate of drug-likeness (QED) is 0.914. The molecule has 7 heteroatoms. The van der Waals surface area contributed by atoms with Crippen LogP contribution in [0.4, 0.5) is 0 Å². The van der Waals surface area contributed by atoms with E-state index in [2.05, 4.69) is 10.1 Å². The number of carboxylic acid groups (broad SMARTS) is 1. The lowest BCUT2D eigenvalue weighted by Gasteiger charge is -2.18. The summed E-state index contributed by atoms with van der Waals surface area (Å²) in [5.41, 5.74) is -0.178. The van der Waals surface area contributed by atoms with E-state index in [-0.39, 0.29) is 17.8 Å². The average molecular weight is 290 g/mol. The number of carbonyl (C=O) groups is 1. The standard InChI is InChI=1S/C12H19N3O3.ClH/c1-12(2,3)11-13-9(14-18-11)7-15-6-4-5-8(15)10(16)17;/h8H,4-7H2,1-3H3,(H,16,17);1H/t8-;/m0./s1.